The lowest BCUT2D eigenvalue weighted by molar-refractivity contribution is 0.210. The first kappa shape index (κ1) is 11.7. The number of halogens is 2. The van der Waals surface area contributed by atoms with E-state index >= 15 is 0 Å². The molecule has 2 aromatic rings. The first-order valence-electron chi connectivity index (χ1n) is 4.63. The van der Waals surface area contributed by atoms with E-state index in [0.717, 1.165) is 6.07 Å². The predicted molar refractivity (Wildman–Crippen MR) is 58.6 cm³/mol. The summed E-state index contributed by atoms with van der Waals surface area (Å²) >= 11 is 5.50. The van der Waals surface area contributed by atoms with Crippen LogP contribution in [0.15, 0.2) is 23.0 Å². The van der Waals surface area contributed by atoms with Crippen molar-refractivity contribution in [1.82, 2.24) is 9.97 Å². The van der Waals surface area contributed by atoms with Crippen molar-refractivity contribution in [2.24, 2.45) is 0 Å². The van der Waals surface area contributed by atoms with Gasteiger partial charge >= 0.3 is 5.69 Å². The van der Waals surface area contributed by atoms with Crippen LogP contribution in [-0.2, 0) is 0 Å². The largest absolute Gasteiger partial charge is 0.493 e. The van der Waals surface area contributed by atoms with Gasteiger partial charge in [-0.2, -0.15) is 0 Å². The van der Waals surface area contributed by atoms with Gasteiger partial charge in [0.2, 0.25) is 5.88 Å². The van der Waals surface area contributed by atoms with E-state index in [1.165, 1.54) is 12.1 Å². The second-order valence-corrected chi connectivity index (χ2v) is 3.82. The number of aliphatic hydroxyl groups is 1. The molecule has 0 aliphatic heterocycles. The van der Waals surface area contributed by atoms with Crippen LogP contribution >= 0.6 is 11.6 Å². The molecule has 0 radical (unpaired) electrons. The van der Waals surface area contributed by atoms with Crippen molar-refractivity contribution in [2.75, 3.05) is 0 Å². The Morgan fingerprint density at radius 1 is 1.35 bits per heavy atom. The summed E-state index contributed by atoms with van der Waals surface area (Å²) in [5, 5.41) is 19.1. The van der Waals surface area contributed by atoms with Crippen LogP contribution in [0, 0.1) is 5.82 Å². The summed E-state index contributed by atoms with van der Waals surface area (Å²) in [4.78, 5) is 15.1. The summed E-state index contributed by atoms with van der Waals surface area (Å²) in [7, 11) is 0. The Morgan fingerprint density at radius 3 is 2.59 bits per heavy atom. The fourth-order valence-electron chi connectivity index (χ4n) is 1.43. The highest BCUT2D eigenvalue weighted by molar-refractivity contribution is 6.30. The Bertz CT molecular complexity index is 608. The molecule has 1 aromatic carbocycles. The molecular formula is C10H8ClFN2O3. The molecule has 1 heterocycles. The summed E-state index contributed by atoms with van der Waals surface area (Å²) in [6.07, 6.45) is -1.35. The quantitative estimate of drug-likeness (QED) is 0.654. The van der Waals surface area contributed by atoms with E-state index in [-0.39, 0.29) is 16.3 Å². The van der Waals surface area contributed by atoms with Crippen molar-refractivity contribution in [3.63, 3.8) is 0 Å². The summed E-state index contributed by atoms with van der Waals surface area (Å²) in [6, 6.07) is 3.69. The van der Waals surface area contributed by atoms with E-state index in [1.807, 2.05) is 4.98 Å². The number of benzene rings is 1. The maximum Gasteiger partial charge on any atom is 0.326 e. The first-order chi connectivity index (χ1) is 7.99. The van der Waals surface area contributed by atoms with Crippen molar-refractivity contribution in [2.45, 2.75) is 6.10 Å². The van der Waals surface area contributed by atoms with E-state index in [0.29, 0.717) is 0 Å². The second kappa shape index (κ2) is 4.23. The van der Waals surface area contributed by atoms with Crippen molar-refractivity contribution in [3.8, 4) is 5.88 Å². The molecule has 0 fully saturated rings. The summed E-state index contributed by atoms with van der Waals surface area (Å²) in [5.41, 5.74) is -0.625. The number of aromatic nitrogens is 2. The number of aliphatic hydroxyl groups excluding tert-OH is 1. The SMILES string of the molecule is O=c1[nH]c(O)c(C(O)c2ccc(Cl)c(F)c2)[nH]1. The van der Waals surface area contributed by atoms with Crippen LogP contribution < -0.4 is 5.69 Å². The van der Waals surface area contributed by atoms with Gasteiger partial charge in [-0.1, -0.05) is 17.7 Å². The number of rotatable bonds is 2. The van der Waals surface area contributed by atoms with E-state index in [2.05, 4.69) is 4.98 Å². The zero-order chi connectivity index (χ0) is 12.6. The summed E-state index contributed by atoms with van der Waals surface area (Å²) in [6.45, 7) is 0. The number of nitrogens with one attached hydrogen (secondary N) is 2. The second-order valence-electron chi connectivity index (χ2n) is 3.42. The summed E-state index contributed by atoms with van der Waals surface area (Å²) in [5.74, 6) is -1.18. The third-order valence-electron chi connectivity index (χ3n) is 2.27. The Hall–Kier alpha value is -1.79. The van der Waals surface area contributed by atoms with Crippen molar-refractivity contribution >= 4 is 11.6 Å². The number of H-pyrrole nitrogens is 2. The number of hydrogen-bond donors (Lipinski definition) is 4. The number of aromatic hydroxyl groups is 1. The smallest absolute Gasteiger partial charge is 0.326 e. The normalized spacial score (nSPS) is 12.6. The fourth-order valence-corrected chi connectivity index (χ4v) is 1.55. The molecule has 7 heteroatoms. The number of imidazole rings is 1. The third kappa shape index (κ3) is 2.17. The van der Waals surface area contributed by atoms with Gasteiger partial charge < -0.3 is 15.2 Å². The zero-order valence-corrected chi connectivity index (χ0v) is 9.12. The summed E-state index contributed by atoms with van der Waals surface area (Å²) < 4.78 is 13.2. The van der Waals surface area contributed by atoms with Gasteiger partial charge in [0.1, 0.15) is 17.6 Å². The molecule has 4 N–H and O–H groups in total. The number of hydrogen-bond acceptors (Lipinski definition) is 3. The predicted octanol–water partition coefficient (Wildman–Crippen LogP) is 1.28. The lowest BCUT2D eigenvalue weighted by atomic mass is 10.1. The fraction of sp³-hybridized carbons (Fsp3) is 0.100. The highest BCUT2D eigenvalue weighted by Gasteiger charge is 2.18. The zero-order valence-electron chi connectivity index (χ0n) is 8.37. The highest BCUT2D eigenvalue weighted by atomic mass is 35.5. The van der Waals surface area contributed by atoms with Crippen molar-refractivity contribution in [1.29, 1.82) is 0 Å². The van der Waals surface area contributed by atoms with E-state index < -0.39 is 23.5 Å². The topological polar surface area (TPSA) is 89.1 Å². The molecule has 1 atom stereocenters. The molecule has 17 heavy (non-hydrogen) atoms. The highest BCUT2D eigenvalue weighted by Crippen LogP contribution is 2.27. The average molecular weight is 259 g/mol. The van der Waals surface area contributed by atoms with Crippen LogP contribution in [-0.4, -0.2) is 20.2 Å². The Labute approximate surface area is 99.5 Å². The van der Waals surface area contributed by atoms with Crippen molar-refractivity contribution in [3.05, 3.63) is 50.8 Å². The van der Waals surface area contributed by atoms with Crippen LogP contribution in [0.2, 0.25) is 5.02 Å². The van der Waals surface area contributed by atoms with Crippen LogP contribution in [0.4, 0.5) is 4.39 Å². The van der Waals surface area contributed by atoms with E-state index in [1.54, 1.807) is 0 Å². The van der Waals surface area contributed by atoms with Gasteiger partial charge in [-0.25, -0.2) is 9.18 Å². The molecule has 5 nitrogen and oxygen atoms in total. The third-order valence-corrected chi connectivity index (χ3v) is 2.57. The Morgan fingerprint density at radius 2 is 2.06 bits per heavy atom. The molecule has 1 unspecified atom stereocenters. The van der Waals surface area contributed by atoms with E-state index in [4.69, 9.17) is 11.6 Å². The minimum atomic E-state index is -1.35. The molecule has 0 saturated heterocycles. The molecule has 0 aliphatic carbocycles. The minimum absolute atomic E-state index is 0.0762. The van der Waals surface area contributed by atoms with Crippen LogP contribution in [0.5, 0.6) is 5.88 Å². The molecule has 0 spiro atoms. The molecule has 90 valence electrons. The van der Waals surface area contributed by atoms with Crippen LogP contribution in [0.3, 0.4) is 0 Å². The van der Waals surface area contributed by atoms with Crippen LogP contribution in [0.1, 0.15) is 17.4 Å². The van der Waals surface area contributed by atoms with E-state index in [9.17, 15) is 19.4 Å². The molecule has 0 amide bonds. The molecular weight excluding hydrogens is 251 g/mol. The molecule has 0 saturated carbocycles. The monoisotopic (exact) mass is 258 g/mol. The molecule has 0 bridgehead atoms. The maximum atomic E-state index is 13.2. The lowest BCUT2D eigenvalue weighted by Crippen LogP contribution is -2.05. The maximum absolute atomic E-state index is 13.2. The van der Waals surface area contributed by atoms with Gasteiger partial charge in [0.05, 0.1) is 5.02 Å². The van der Waals surface area contributed by atoms with Gasteiger partial charge in [0, 0.05) is 0 Å². The van der Waals surface area contributed by atoms with Gasteiger partial charge in [0.25, 0.3) is 0 Å². The first-order valence-corrected chi connectivity index (χ1v) is 5.01. The molecule has 1 aromatic heterocycles. The Kier molecular flexibility index (Phi) is 2.91. The molecule has 0 aliphatic rings. The molecule has 2 rings (SSSR count). The standard InChI is InChI=1S/C10H8ClFN2O3/c11-5-2-1-4(3-6(5)12)8(15)7-9(16)14-10(17)13-7/h1-3,8,15-16H,(H2,13,14,17). The van der Waals surface area contributed by atoms with Crippen LogP contribution in [0.25, 0.3) is 0 Å². The van der Waals surface area contributed by atoms with Gasteiger partial charge in [-0.3, -0.25) is 4.98 Å². The average Bonchev–Trinajstić information content (AvgIpc) is 2.61. The minimum Gasteiger partial charge on any atom is -0.493 e. The lowest BCUT2D eigenvalue weighted by Gasteiger charge is -2.09. The van der Waals surface area contributed by atoms with Gasteiger partial charge in [-0.05, 0) is 17.7 Å². The van der Waals surface area contributed by atoms with Gasteiger partial charge in [0.15, 0.2) is 0 Å². The number of aromatic amines is 2. The Balaban J connectivity index is 2.43. The van der Waals surface area contributed by atoms with Crippen molar-refractivity contribution < 1.29 is 14.6 Å². The van der Waals surface area contributed by atoms with Gasteiger partial charge in [-0.15, -0.1) is 0 Å².